The highest BCUT2D eigenvalue weighted by Crippen LogP contribution is 2.09. The van der Waals surface area contributed by atoms with Crippen LogP contribution in [0.5, 0.6) is 0 Å². The van der Waals surface area contributed by atoms with E-state index in [1.807, 2.05) is 0 Å². The summed E-state index contributed by atoms with van der Waals surface area (Å²) in [6.45, 7) is -0.858. The number of hydrazine groups is 1. The van der Waals surface area contributed by atoms with Crippen LogP contribution < -0.4 is 10.9 Å². The average molecular weight is 316 g/mol. The van der Waals surface area contributed by atoms with Gasteiger partial charge in [0.2, 0.25) is 0 Å². The fourth-order valence-electron chi connectivity index (χ4n) is 1.61. The summed E-state index contributed by atoms with van der Waals surface area (Å²) in [6, 6.07) is 8.45. The number of anilines is 1. The minimum Gasteiger partial charge on any atom is -0.394 e. The van der Waals surface area contributed by atoms with E-state index in [-0.39, 0.29) is 0 Å². The van der Waals surface area contributed by atoms with E-state index in [1.165, 1.54) is 0 Å². The molecule has 0 heterocycles. The fourth-order valence-corrected chi connectivity index (χ4v) is 1.61. The van der Waals surface area contributed by atoms with Gasteiger partial charge >= 0.3 is 0 Å². The molecule has 0 saturated heterocycles. The van der Waals surface area contributed by atoms with Gasteiger partial charge in [-0.1, -0.05) is 18.2 Å². The number of hydrogen-bond donors (Lipinski definition) is 8. The second-order valence-corrected chi connectivity index (χ2v) is 4.65. The molecule has 9 heteroatoms. The molecule has 1 rings (SSSR count). The first-order valence-electron chi connectivity index (χ1n) is 6.50. The van der Waals surface area contributed by atoms with Crippen LogP contribution in [0.1, 0.15) is 0 Å². The van der Waals surface area contributed by atoms with Crippen molar-refractivity contribution in [3.63, 3.8) is 0 Å². The largest absolute Gasteiger partial charge is 0.394 e. The molecule has 0 aliphatic carbocycles. The highest BCUT2D eigenvalue weighted by Gasteiger charge is 2.37. The average Bonchev–Trinajstić information content (AvgIpc) is 2.56. The number of carbonyl (C=O) groups is 1. The van der Waals surface area contributed by atoms with Crippen LogP contribution in [0.3, 0.4) is 0 Å². The van der Waals surface area contributed by atoms with Crippen molar-refractivity contribution in [2.75, 3.05) is 12.0 Å². The smallest absolute Gasteiger partial charge is 0.269 e. The summed E-state index contributed by atoms with van der Waals surface area (Å²) in [5.41, 5.74) is 5.11. The lowest BCUT2D eigenvalue weighted by Gasteiger charge is -2.28. The van der Waals surface area contributed by atoms with Crippen LogP contribution in [0, 0.1) is 0 Å². The summed E-state index contributed by atoms with van der Waals surface area (Å²) < 4.78 is 0. The summed E-state index contributed by atoms with van der Waals surface area (Å²) in [6.07, 6.45) is -9.80. The maximum atomic E-state index is 11.6. The first-order chi connectivity index (χ1) is 10.4. The first-order valence-corrected chi connectivity index (χ1v) is 6.50. The van der Waals surface area contributed by atoms with Crippen LogP contribution in [-0.4, -0.2) is 73.7 Å². The zero-order chi connectivity index (χ0) is 16.7. The quantitative estimate of drug-likeness (QED) is 0.234. The van der Waals surface area contributed by atoms with E-state index >= 15 is 0 Å². The molecule has 22 heavy (non-hydrogen) atoms. The van der Waals surface area contributed by atoms with Gasteiger partial charge in [0.25, 0.3) is 5.91 Å². The molecule has 0 unspecified atom stereocenters. The lowest BCUT2D eigenvalue weighted by Crippen LogP contribution is -2.54. The molecule has 0 fully saturated rings. The maximum Gasteiger partial charge on any atom is 0.269 e. The number of para-hydroxylation sites is 1. The van der Waals surface area contributed by atoms with Crippen molar-refractivity contribution in [2.24, 2.45) is 0 Å². The molecular formula is C13H20N2O7. The zero-order valence-electron chi connectivity index (χ0n) is 11.6. The number of hydrogen-bond acceptors (Lipinski definition) is 8. The van der Waals surface area contributed by atoms with Crippen molar-refractivity contribution in [1.82, 2.24) is 5.43 Å². The molecule has 0 radical (unpaired) electrons. The Hall–Kier alpha value is -1.75. The molecule has 0 aliphatic heterocycles. The van der Waals surface area contributed by atoms with Crippen molar-refractivity contribution >= 4 is 11.6 Å². The van der Waals surface area contributed by atoms with Crippen LogP contribution in [0.2, 0.25) is 0 Å². The fraction of sp³-hybridized carbons (Fsp3) is 0.462. The summed E-state index contributed by atoms with van der Waals surface area (Å²) in [5, 5.41) is 56.0. The Balaban J connectivity index is 2.54. The summed E-state index contributed by atoms with van der Waals surface area (Å²) >= 11 is 0. The second-order valence-electron chi connectivity index (χ2n) is 4.65. The molecule has 0 spiro atoms. The van der Waals surface area contributed by atoms with E-state index in [0.717, 1.165) is 0 Å². The highest BCUT2D eigenvalue weighted by molar-refractivity contribution is 5.82. The third-order valence-electron chi connectivity index (χ3n) is 2.98. The van der Waals surface area contributed by atoms with E-state index in [1.54, 1.807) is 30.3 Å². The number of aliphatic hydroxyl groups excluding tert-OH is 6. The monoisotopic (exact) mass is 316 g/mol. The minimum atomic E-state index is -2.06. The Morgan fingerprint density at radius 2 is 1.55 bits per heavy atom. The van der Waals surface area contributed by atoms with Crippen LogP contribution in [0.4, 0.5) is 5.69 Å². The van der Waals surface area contributed by atoms with Crippen LogP contribution in [-0.2, 0) is 4.79 Å². The van der Waals surface area contributed by atoms with Gasteiger partial charge < -0.3 is 30.6 Å². The molecule has 1 amide bonds. The molecule has 8 N–H and O–H groups in total. The number of benzene rings is 1. The van der Waals surface area contributed by atoms with Gasteiger partial charge in [-0.15, -0.1) is 0 Å². The first kappa shape index (κ1) is 18.3. The third kappa shape index (κ3) is 4.91. The van der Waals surface area contributed by atoms with Crippen LogP contribution in [0.25, 0.3) is 0 Å². The van der Waals surface area contributed by atoms with Gasteiger partial charge in [0.1, 0.15) is 24.4 Å². The topological polar surface area (TPSA) is 163 Å². The lowest BCUT2D eigenvalue weighted by atomic mass is 9.99. The zero-order valence-corrected chi connectivity index (χ0v) is 11.6. The molecule has 0 aromatic heterocycles. The predicted molar refractivity (Wildman–Crippen MR) is 75.3 cm³/mol. The van der Waals surface area contributed by atoms with Gasteiger partial charge in [-0.05, 0) is 12.1 Å². The SMILES string of the molecule is O=C(NNc1ccccc1)[C@H](O)[C@H](O)[C@H](O)[C@@H](O)[C@H](O)CO. The van der Waals surface area contributed by atoms with Gasteiger partial charge in [0, 0.05) is 0 Å². The molecule has 124 valence electrons. The molecule has 1 aromatic rings. The highest BCUT2D eigenvalue weighted by atomic mass is 16.4. The predicted octanol–water partition coefficient (Wildman–Crippen LogP) is -3.07. The molecule has 0 aliphatic rings. The number of nitrogens with one attached hydrogen (secondary N) is 2. The van der Waals surface area contributed by atoms with Crippen LogP contribution in [0.15, 0.2) is 30.3 Å². The second kappa shape index (κ2) is 8.63. The number of amides is 1. The number of carbonyl (C=O) groups excluding carboxylic acids is 1. The standard InChI is InChI=1S/C13H20N2O7/c16-6-8(17)9(18)10(19)11(20)12(21)13(22)15-14-7-4-2-1-3-5-7/h1-5,8-12,14,16-21H,6H2,(H,15,22)/t8-,9+,10-,11-,12-/m1/s1. The third-order valence-corrected chi connectivity index (χ3v) is 2.98. The van der Waals surface area contributed by atoms with Crippen LogP contribution >= 0.6 is 0 Å². The number of aliphatic hydroxyl groups is 6. The Morgan fingerprint density at radius 3 is 2.09 bits per heavy atom. The van der Waals surface area contributed by atoms with Gasteiger partial charge in [-0.3, -0.25) is 15.6 Å². The van der Waals surface area contributed by atoms with E-state index in [4.69, 9.17) is 10.2 Å². The Morgan fingerprint density at radius 1 is 0.955 bits per heavy atom. The van der Waals surface area contributed by atoms with E-state index in [9.17, 15) is 25.2 Å². The molecule has 0 bridgehead atoms. The van der Waals surface area contributed by atoms with E-state index in [0.29, 0.717) is 5.69 Å². The summed E-state index contributed by atoms with van der Waals surface area (Å²) in [5.74, 6) is -1.05. The Bertz CT molecular complexity index is 459. The van der Waals surface area contributed by atoms with E-state index < -0.39 is 43.0 Å². The molecule has 5 atom stereocenters. The van der Waals surface area contributed by atoms with Gasteiger partial charge in [0.05, 0.1) is 12.3 Å². The van der Waals surface area contributed by atoms with Crippen molar-refractivity contribution in [1.29, 1.82) is 0 Å². The minimum absolute atomic E-state index is 0.522. The summed E-state index contributed by atoms with van der Waals surface area (Å²) in [4.78, 5) is 11.6. The van der Waals surface area contributed by atoms with Crippen molar-refractivity contribution in [3.8, 4) is 0 Å². The van der Waals surface area contributed by atoms with Crippen molar-refractivity contribution in [3.05, 3.63) is 30.3 Å². The van der Waals surface area contributed by atoms with Crippen molar-refractivity contribution < 1.29 is 35.4 Å². The van der Waals surface area contributed by atoms with Gasteiger partial charge in [-0.25, -0.2) is 0 Å². The maximum absolute atomic E-state index is 11.6. The van der Waals surface area contributed by atoms with Gasteiger partial charge in [0.15, 0.2) is 6.10 Å². The molecular weight excluding hydrogens is 296 g/mol. The Kier molecular flexibility index (Phi) is 7.18. The molecule has 1 aromatic carbocycles. The normalized spacial score (nSPS) is 17.9. The molecule has 0 saturated carbocycles. The Labute approximate surface area is 126 Å². The van der Waals surface area contributed by atoms with E-state index in [2.05, 4.69) is 10.9 Å². The lowest BCUT2D eigenvalue weighted by molar-refractivity contribution is -0.156. The summed E-state index contributed by atoms with van der Waals surface area (Å²) in [7, 11) is 0. The van der Waals surface area contributed by atoms with Gasteiger partial charge in [-0.2, -0.15) is 0 Å². The number of rotatable bonds is 8. The van der Waals surface area contributed by atoms with Crippen molar-refractivity contribution in [2.45, 2.75) is 30.5 Å². The molecule has 9 nitrogen and oxygen atoms in total.